The number of rotatable bonds is 5. The molecule has 1 aliphatic rings. The third kappa shape index (κ3) is 9.27. The van der Waals surface area contributed by atoms with Crippen molar-refractivity contribution in [3.8, 4) is 0 Å². The van der Waals surface area contributed by atoms with Crippen LogP contribution in [0.4, 0.5) is 0 Å². The molecule has 1 rings (SSSR count). The van der Waals surface area contributed by atoms with E-state index in [0.717, 1.165) is 0 Å². The average Bonchev–Trinajstić information content (AvgIpc) is 2.61. The lowest BCUT2D eigenvalue weighted by molar-refractivity contribution is -0.0365. The molecule has 8 nitrogen and oxygen atoms in total. The Morgan fingerprint density at radius 2 is 1.42 bits per heavy atom. The monoisotopic (exact) mass is 417 g/mol. The fraction of sp³-hybridized carbons (Fsp3) is 1.00. The molecule has 156 valence electrons. The van der Waals surface area contributed by atoms with Crippen LogP contribution in [0.2, 0.25) is 0 Å². The first kappa shape index (κ1) is 24.0. The van der Waals surface area contributed by atoms with Crippen LogP contribution < -0.4 is 4.84 Å². The van der Waals surface area contributed by atoms with Crippen LogP contribution in [0.15, 0.2) is 0 Å². The van der Waals surface area contributed by atoms with Crippen molar-refractivity contribution in [1.82, 2.24) is 4.84 Å². The van der Waals surface area contributed by atoms with E-state index in [-0.39, 0.29) is 19.0 Å². The Labute approximate surface area is 161 Å². The van der Waals surface area contributed by atoms with Crippen LogP contribution in [0.5, 0.6) is 0 Å². The second kappa shape index (κ2) is 12.5. The molecule has 1 fully saturated rings. The van der Waals surface area contributed by atoms with Crippen molar-refractivity contribution >= 4 is 21.6 Å². The first-order valence-corrected chi connectivity index (χ1v) is 10.9. The Kier molecular flexibility index (Phi) is 11.5. The molecule has 0 aromatic heterocycles. The summed E-state index contributed by atoms with van der Waals surface area (Å²) in [6.45, 7) is 8.62. The lowest BCUT2D eigenvalue weighted by Crippen LogP contribution is -2.50. The maximum absolute atomic E-state index is 12.7. The third-order valence-electron chi connectivity index (χ3n) is 4.22. The van der Waals surface area contributed by atoms with E-state index in [1.54, 1.807) is 20.8 Å². The van der Waals surface area contributed by atoms with Gasteiger partial charge in [0.1, 0.15) is 0 Å². The van der Waals surface area contributed by atoms with E-state index in [0.29, 0.717) is 46.2 Å². The first-order valence-electron chi connectivity index (χ1n) is 8.81. The van der Waals surface area contributed by atoms with Gasteiger partial charge in [0.25, 0.3) is 0 Å². The summed E-state index contributed by atoms with van der Waals surface area (Å²) < 4.78 is 52.8. The minimum atomic E-state index is -3.46. The highest BCUT2D eigenvalue weighted by atomic mass is 35.5. The zero-order chi connectivity index (χ0) is 19.5. The fourth-order valence-corrected chi connectivity index (χ4v) is 4.41. The normalized spacial score (nSPS) is 24.4. The Bertz CT molecular complexity index is 459. The van der Waals surface area contributed by atoms with Crippen molar-refractivity contribution in [3.05, 3.63) is 0 Å². The number of hydrogen-bond acceptors (Lipinski definition) is 8. The van der Waals surface area contributed by atoms with E-state index in [1.165, 1.54) is 0 Å². The first-order chi connectivity index (χ1) is 12.3. The van der Waals surface area contributed by atoms with Gasteiger partial charge < -0.3 is 23.7 Å². The lowest BCUT2D eigenvalue weighted by Gasteiger charge is -2.30. The molecule has 0 spiro atoms. The van der Waals surface area contributed by atoms with Crippen molar-refractivity contribution in [2.45, 2.75) is 37.7 Å². The Morgan fingerprint density at radius 3 is 1.92 bits per heavy atom. The van der Waals surface area contributed by atoms with Crippen molar-refractivity contribution in [3.63, 3.8) is 0 Å². The van der Waals surface area contributed by atoms with Gasteiger partial charge in [-0.3, -0.25) is 0 Å². The molecule has 1 N–H and O–H groups in total. The maximum atomic E-state index is 12.7. The highest BCUT2D eigenvalue weighted by Crippen LogP contribution is 2.20. The Morgan fingerprint density at radius 1 is 0.962 bits per heavy atom. The van der Waals surface area contributed by atoms with Crippen molar-refractivity contribution in [1.29, 1.82) is 0 Å². The lowest BCUT2D eigenvalue weighted by atomic mass is 10.0. The highest BCUT2D eigenvalue weighted by molar-refractivity contribution is 7.92. The summed E-state index contributed by atoms with van der Waals surface area (Å²) in [5.41, 5.74) is -0.766. The summed E-state index contributed by atoms with van der Waals surface area (Å²) >= 11 is 5.69. The zero-order valence-corrected chi connectivity index (χ0v) is 17.4. The van der Waals surface area contributed by atoms with Crippen molar-refractivity contribution < 1.29 is 32.1 Å². The Balaban J connectivity index is 2.63. The van der Waals surface area contributed by atoms with Gasteiger partial charge in [0.15, 0.2) is 9.84 Å². The van der Waals surface area contributed by atoms with Gasteiger partial charge in [-0.25, -0.2) is 13.3 Å². The zero-order valence-electron chi connectivity index (χ0n) is 15.9. The Hall–Kier alpha value is -0.0000000000000000694. The van der Waals surface area contributed by atoms with Gasteiger partial charge in [-0.1, -0.05) is 0 Å². The van der Waals surface area contributed by atoms with E-state index in [1.807, 2.05) is 0 Å². The van der Waals surface area contributed by atoms with Gasteiger partial charge in [0, 0.05) is 5.54 Å². The molecule has 0 radical (unpaired) electrons. The van der Waals surface area contributed by atoms with E-state index in [9.17, 15) is 8.42 Å². The average molecular weight is 418 g/mol. The van der Waals surface area contributed by atoms with E-state index in [4.69, 9.17) is 35.5 Å². The van der Waals surface area contributed by atoms with Gasteiger partial charge in [0.2, 0.25) is 0 Å². The molecule has 0 aromatic carbocycles. The summed E-state index contributed by atoms with van der Waals surface area (Å²) in [5, 5.41) is -0.690. The predicted octanol–water partition coefficient (Wildman–Crippen LogP) is 0.777. The molecule has 0 aromatic rings. The SMILES string of the molecule is CC(C(C)(C)NCl)S(=O)(=O)CC1COCCOCCOCCOCCO1. The van der Waals surface area contributed by atoms with Crippen LogP contribution in [0.1, 0.15) is 20.8 Å². The summed E-state index contributed by atoms with van der Waals surface area (Å²) in [7, 11) is -3.46. The van der Waals surface area contributed by atoms with Crippen LogP contribution in [0.25, 0.3) is 0 Å². The topological polar surface area (TPSA) is 92.3 Å². The highest BCUT2D eigenvalue weighted by Gasteiger charge is 2.37. The summed E-state index contributed by atoms with van der Waals surface area (Å²) in [4.78, 5) is 2.53. The standard InChI is InChI=1S/C16H32ClNO7S/c1-14(16(2,3)18-17)26(19,20)13-15-12-24-9-8-22-5-4-21-6-7-23-10-11-25-15/h14-15,18H,4-13H2,1-3H3. The van der Waals surface area contributed by atoms with Gasteiger partial charge in [-0.05, 0) is 32.5 Å². The van der Waals surface area contributed by atoms with Crippen LogP contribution in [0, 0.1) is 0 Å². The second-order valence-electron chi connectivity index (χ2n) is 6.69. The molecule has 10 heteroatoms. The van der Waals surface area contributed by atoms with E-state index in [2.05, 4.69) is 4.84 Å². The smallest absolute Gasteiger partial charge is 0.157 e. The number of hydrogen-bond donors (Lipinski definition) is 1. The van der Waals surface area contributed by atoms with Crippen LogP contribution in [0.3, 0.4) is 0 Å². The van der Waals surface area contributed by atoms with Gasteiger partial charge in [-0.15, -0.1) is 0 Å². The molecule has 26 heavy (non-hydrogen) atoms. The molecule has 1 saturated heterocycles. The van der Waals surface area contributed by atoms with Crippen LogP contribution in [-0.4, -0.2) is 90.5 Å². The molecule has 1 aliphatic heterocycles. The molecule has 0 saturated carbocycles. The molecular formula is C16H32ClNO7S. The third-order valence-corrected chi connectivity index (χ3v) is 7.21. The van der Waals surface area contributed by atoms with Gasteiger partial charge >= 0.3 is 0 Å². The summed E-state index contributed by atoms with van der Waals surface area (Å²) in [6, 6.07) is 0. The summed E-state index contributed by atoms with van der Waals surface area (Å²) in [6.07, 6.45) is -0.585. The minimum absolute atomic E-state index is 0.153. The fourth-order valence-electron chi connectivity index (χ4n) is 2.22. The second-order valence-corrected chi connectivity index (χ2v) is 9.25. The van der Waals surface area contributed by atoms with E-state index < -0.39 is 26.7 Å². The summed E-state index contributed by atoms with van der Waals surface area (Å²) in [5.74, 6) is -0.153. The van der Waals surface area contributed by atoms with E-state index >= 15 is 0 Å². The van der Waals surface area contributed by atoms with Gasteiger partial charge in [0.05, 0.1) is 76.6 Å². The number of sulfone groups is 1. The molecule has 1 heterocycles. The molecule has 0 aliphatic carbocycles. The quantitative estimate of drug-likeness (QED) is 0.656. The molecule has 2 atom stereocenters. The molecule has 0 amide bonds. The number of nitrogens with one attached hydrogen (secondary N) is 1. The molecular weight excluding hydrogens is 386 g/mol. The minimum Gasteiger partial charge on any atom is -0.377 e. The van der Waals surface area contributed by atoms with Crippen LogP contribution in [-0.2, 0) is 33.5 Å². The molecule has 0 bridgehead atoms. The van der Waals surface area contributed by atoms with Gasteiger partial charge in [-0.2, -0.15) is 0 Å². The number of ether oxygens (including phenoxy) is 5. The number of halogens is 1. The van der Waals surface area contributed by atoms with Crippen molar-refractivity contribution in [2.24, 2.45) is 0 Å². The van der Waals surface area contributed by atoms with Crippen LogP contribution >= 0.6 is 11.8 Å². The predicted molar refractivity (Wildman–Crippen MR) is 99.3 cm³/mol. The molecule has 2 unspecified atom stereocenters. The van der Waals surface area contributed by atoms with Crippen molar-refractivity contribution in [2.75, 3.05) is 65.2 Å². The largest absolute Gasteiger partial charge is 0.377 e. The maximum Gasteiger partial charge on any atom is 0.157 e.